The molecule has 4 heteroatoms. The van der Waals surface area contributed by atoms with Crippen LogP contribution in [0.2, 0.25) is 0 Å². The van der Waals surface area contributed by atoms with Crippen molar-refractivity contribution in [3.63, 3.8) is 0 Å². The zero-order valence-electron chi connectivity index (χ0n) is 11.8. The van der Waals surface area contributed by atoms with E-state index in [9.17, 15) is 5.11 Å². The molecule has 0 aromatic heterocycles. The fourth-order valence-electron chi connectivity index (χ4n) is 3.62. The Labute approximate surface area is 119 Å². The van der Waals surface area contributed by atoms with E-state index in [1.807, 2.05) is 18.2 Å². The molecule has 1 aromatic carbocycles. The standard InChI is InChI=1S/C16H21NO3/c1-19-12-4-5-15-13(8-12)14(18)9-16(20-15)6-7-17(10-16)11-2-3-11/h4-5,8,11,14,18H,2-3,6-7,9-10H2,1H3. The maximum atomic E-state index is 10.5. The first-order valence-electron chi connectivity index (χ1n) is 7.48. The molecule has 2 heterocycles. The summed E-state index contributed by atoms with van der Waals surface area (Å²) in [5.41, 5.74) is 0.670. The number of aliphatic hydroxyl groups is 1. The highest BCUT2D eigenvalue weighted by Crippen LogP contribution is 2.46. The molecule has 0 radical (unpaired) electrons. The van der Waals surface area contributed by atoms with Gasteiger partial charge in [-0.2, -0.15) is 0 Å². The highest BCUT2D eigenvalue weighted by molar-refractivity contribution is 5.44. The summed E-state index contributed by atoms with van der Waals surface area (Å²) in [4.78, 5) is 2.53. The van der Waals surface area contributed by atoms with E-state index in [1.165, 1.54) is 12.8 Å². The predicted octanol–water partition coefficient (Wildman–Crippen LogP) is 2.12. The van der Waals surface area contributed by atoms with Crippen LogP contribution in [-0.4, -0.2) is 41.8 Å². The van der Waals surface area contributed by atoms with Crippen LogP contribution in [0, 0.1) is 0 Å². The molecule has 1 saturated heterocycles. The number of ether oxygens (including phenoxy) is 2. The maximum absolute atomic E-state index is 10.5. The quantitative estimate of drug-likeness (QED) is 0.897. The van der Waals surface area contributed by atoms with Gasteiger partial charge < -0.3 is 14.6 Å². The average Bonchev–Trinajstić information content (AvgIpc) is 3.22. The van der Waals surface area contributed by atoms with Gasteiger partial charge in [-0.3, -0.25) is 4.90 Å². The topological polar surface area (TPSA) is 41.9 Å². The van der Waals surface area contributed by atoms with Gasteiger partial charge in [0.1, 0.15) is 17.1 Å². The van der Waals surface area contributed by atoms with Gasteiger partial charge in [0.2, 0.25) is 0 Å². The lowest BCUT2D eigenvalue weighted by Gasteiger charge is -2.38. The number of benzene rings is 1. The number of aliphatic hydroxyl groups excluding tert-OH is 1. The van der Waals surface area contributed by atoms with Gasteiger partial charge in [0.25, 0.3) is 0 Å². The fraction of sp³-hybridized carbons (Fsp3) is 0.625. The van der Waals surface area contributed by atoms with E-state index in [0.29, 0.717) is 6.42 Å². The van der Waals surface area contributed by atoms with E-state index in [4.69, 9.17) is 9.47 Å². The number of hydrogen-bond donors (Lipinski definition) is 1. The van der Waals surface area contributed by atoms with Crippen LogP contribution >= 0.6 is 0 Å². The summed E-state index contributed by atoms with van der Waals surface area (Å²) in [5, 5.41) is 10.5. The Balaban J connectivity index is 1.60. The summed E-state index contributed by atoms with van der Waals surface area (Å²) in [7, 11) is 1.64. The molecule has 108 valence electrons. The minimum Gasteiger partial charge on any atom is -0.497 e. The third-order valence-corrected chi connectivity index (χ3v) is 4.88. The zero-order chi connectivity index (χ0) is 13.7. The molecule has 0 bridgehead atoms. The molecule has 2 unspecified atom stereocenters. The highest BCUT2D eigenvalue weighted by atomic mass is 16.5. The van der Waals surface area contributed by atoms with Crippen molar-refractivity contribution in [1.29, 1.82) is 0 Å². The number of rotatable bonds is 2. The number of methoxy groups -OCH3 is 1. The molecule has 1 spiro atoms. The third kappa shape index (κ3) is 1.98. The first-order chi connectivity index (χ1) is 9.69. The molecule has 20 heavy (non-hydrogen) atoms. The summed E-state index contributed by atoms with van der Waals surface area (Å²) in [6.45, 7) is 2.06. The van der Waals surface area contributed by atoms with Gasteiger partial charge in [-0.05, 0) is 31.0 Å². The molecule has 1 aliphatic carbocycles. The molecular formula is C16H21NO3. The molecule has 1 aromatic rings. The van der Waals surface area contributed by atoms with Gasteiger partial charge in [-0.25, -0.2) is 0 Å². The largest absolute Gasteiger partial charge is 0.497 e. The Morgan fingerprint density at radius 3 is 3.00 bits per heavy atom. The van der Waals surface area contributed by atoms with Crippen LogP contribution in [0.4, 0.5) is 0 Å². The number of hydrogen-bond acceptors (Lipinski definition) is 4. The number of nitrogens with zero attached hydrogens (tertiary/aromatic N) is 1. The van der Waals surface area contributed by atoms with Crippen LogP contribution in [0.1, 0.15) is 37.4 Å². The van der Waals surface area contributed by atoms with Crippen LogP contribution < -0.4 is 9.47 Å². The second kappa shape index (κ2) is 4.37. The van der Waals surface area contributed by atoms with Crippen LogP contribution in [-0.2, 0) is 0 Å². The van der Waals surface area contributed by atoms with E-state index in [-0.39, 0.29) is 5.60 Å². The Kier molecular flexibility index (Phi) is 2.72. The molecular weight excluding hydrogens is 254 g/mol. The molecule has 2 aliphatic heterocycles. The monoisotopic (exact) mass is 275 g/mol. The smallest absolute Gasteiger partial charge is 0.126 e. The maximum Gasteiger partial charge on any atom is 0.126 e. The van der Waals surface area contributed by atoms with Crippen molar-refractivity contribution < 1.29 is 14.6 Å². The summed E-state index contributed by atoms with van der Waals surface area (Å²) < 4.78 is 11.5. The first kappa shape index (κ1) is 12.5. The lowest BCUT2D eigenvalue weighted by Crippen LogP contribution is -2.44. The number of fused-ring (bicyclic) bond motifs is 1. The molecule has 0 amide bonds. The van der Waals surface area contributed by atoms with Crippen molar-refractivity contribution in [2.75, 3.05) is 20.2 Å². The molecule has 4 rings (SSSR count). The van der Waals surface area contributed by atoms with Crippen LogP contribution in [0.3, 0.4) is 0 Å². The highest BCUT2D eigenvalue weighted by Gasteiger charge is 2.48. The molecule has 4 nitrogen and oxygen atoms in total. The van der Waals surface area contributed by atoms with Gasteiger partial charge in [0.15, 0.2) is 0 Å². The van der Waals surface area contributed by atoms with Gasteiger partial charge in [-0.1, -0.05) is 0 Å². The third-order valence-electron chi connectivity index (χ3n) is 4.88. The Morgan fingerprint density at radius 2 is 2.25 bits per heavy atom. The summed E-state index contributed by atoms with van der Waals surface area (Å²) in [6.07, 6.45) is 3.91. The van der Waals surface area contributed by atoms with E-state index in [2.05, 4.69) is 4.90 Å². The summed E-state index contributed by atoms with van der Waals surface area (Å²) in [5.74, 6) is 1.59. The van der Waals surface area contributed by atoms with Gasteiger partial charge in [0.05, 0.1) is 13.2 Å². The van der Waals surface area contributed by atoms with Crippen LogP contribution in [0.5, 0.6) is 11.5 Å². The minimum atomic E-state index is -0.451. The van der Waals surface area contributed by atoms with Crippen molar-refractivity contribution in [2.45, 2.75) is 43.4 Å². The molecule has 1 saturated carbocycles. The zero-order valence-corrected chi connectivity index (χ0v) is 11.8. The van der Waals surface area contributed by atoms with E-state index in [1.54, 1.807) is 7.11 Å². The first-order valence-corrected chi connectivity index (χ1v) is 7.48. The Bertz CT molecular complexity index is 528. The minimum absolute atomic E-state index is 0.191. The molecule has 1 N–H and O–H groups in total. The second-order valence-electron chi connectivity index (χ2n) is 6.36. The number of likely N-dealkylation sites (tertiary alicyclic amines) is 1. The Morgan fingerprint density at radius 1 is 1.40 bits per heavy atom. The average molecular weight is 275 g/mol. The van der Waals surface area contributed by atoms with Crippen molar-refractivity contribution in [2.24, 2.45) is 0 Å². The normalized spacial score (nSPS) is 33.0. The van der Waals surface area contributed by atoms with Gasteiger partial charge in [-0.15, -0.1) is 0 Å². The Hall–Kier alpha value is -1.26. The predicted molar refractivity (Wildman–Crippen MR) is 75.1 cm³/mol. The van der Waals surface area contributed by atoms with Crippen LogP contribution in [0.15, 0.2) is 18.2 Å². The van der Waals surface area contributed by atoms with Crippen molar-refractivity contribution >= 4 is 0 Å². The molecule has 3 aliphatic rings. The summed E-state index contributed by atoms with van der Waals surface area (Å²) >= 11 is 0. The van der Waals surface area contributed by atoms with E-state index >= 15 is 0 Å². The van der Waals surface area contributed by atoms with E-state index < -0.39 is 6.10 Å². The van der Waals surface area contributed by atoms with Gasteiger partial charge >= 0.3 is 0 Å². The van der Waals surface area contributed by atoms with Crippen LogP contribution in [0.25, 0.3) is 0 Å². The lowest BCUT2D eigenvalue weighted by atomic mass is 9.88. The SMILES string of the molecule is COc1ccc2c(c1)C(O)CC1(CCN(C3CC3)C1)O2. The van der Waals surface area contributed by atoms with Crippen molar-refractivity contribution in [3.05, 3.63) is 23.8 Å². The summed E-state index contributed by atoms with van der Waals surface area (Å²) in [6, 6.07) is 6.49. The second-order valence-corrected chi connectivity index (χ2v) is 6.36. The van der Waals surface area contributed by atoms with E-state index in [0.717, 1.165) is 42.6 Å². The van der Waals surface area contributed by atoms with Crippen molar-refractivity contribution in [3.8, 4) is 11.5 Å². The van der Waals surface area contributed by atoms with Crippen molar-refractivity contribution in [1.82, 2.24) is 4.90 Å². The van der Waals surface area contributed by atoms with Gasteiger partial charge in [0, 0.05) is 37.5 Å². The molecule has 2 atom stereocenters. The fourth-order valence-corrected chi connectivity index (χ4v) is 3.62. The molecule has 2 fully saturated rings. The lowest BCUT2D eigenvalue weighted by molar-refractivity contribution is -0.00777.